The van der Waals surface area contributed by atoms with Gasteiger partial charge in [-0.2, -0.15) is 5.26 Å². The van der Waals surface area contributed by atoms with Gasteiger partial charge in [0.15, 0.2) is 0 Å². The molecule has 1 amide bonds. The average Bonchev–Trinajstić information content (AvgIpc) is 2.69. The molecule has 3 rings (SSSR count). The molecule has 0 N–H and O–H groups in total. The zero-order chi connectivity index (χ0) is 19.4. The van der Waals surface area contributed by atoms with E-state index in [1.165, 1.54) is 27.9 Å². The number of hydrogen-bond donors (Lipinski definition) is 0. The predicted octanol–water partition coefficient (Wildman–Crippen LogP) is 2.46. The van der Waals surface area contributed by atoms with Crippen molar-refractivity contribution in [2.45, 2.75) is 20.0 Å². The molecule has 6 nitrogen and oxygen atoms in total. The number of fused-ring (bicyclic) bond motifs is 1. The summed E-state index contributed by atoms with van der Waals surface area (Å²) in [5.41, 5.74) is 0.806. The first-order valence-electron chi connectivity index (χ1n) is 8.44. The first-order valence-corrected chi connectivity index (χ1v) is 8.44. The van der Waals surface area contributed by atoms with Gasteiger partial charge in [0.25, 0.3) is 5.56 Å². The maximum atomic E-state index is 14.1. The zero-order valence-corrected chi connectivity index (χ0v) is 14.7. The largest absolute Gasteiger partial charge is 0.337 e. The Kier molecular flexibility index (Phi) is 5.27. The fourth-order valence-corrected chi connectivity index (χ4v) is 2.79. The Hall–Kier alpha value is -3.53. The Balaban J connectivity index is 1.81. The van der Waals surface area contributed by atoms with Crippen molar-refractivity contribution in [3.63, 3.8) is 0 Å². The van der Waals surface area contributed by atoms with Crippen molar-refractivity contribution in [1.29, 1.82) is 5.26 Å². The van der Waals surface area contributed by atoms with Crippen molar-refractivity contribution in [3.05, 3.63) is 76.1 Å². The van der Waals surface area contributed by atoms with Crippen LogP contribution in [0.5, 0.6) is 0 Å². The van der Waals surface area contributed by atoms with Gasteiger partial charge < -0.3 is 4.90 Å². The Labute approximate surface area is 155 Å². The normalized spacial score (nSPS) is 10.6. The van der Waals surface area contributed by atoms with Crippen LogP contribution in [0.4, 0.5) is 4.39 Å². The number of halogens is 1. The second-order valence-electron chi connectivity index (χ2n) is 6.02. The van der Waals surface area contributed by atoms with Crippen LogP contribution in [-0.4, -0.2) is 26.9 Å². The van der Waals surface area contributed by atoms with Crippen molar-refractivity contribution in [2.24, 2.45) is 0 Å². The van der Waals surface area contributed by atoms with Gasteiger partial charge in [-0.05, 0) is 31.2 Å². The molecule has 1 aromatic heterocycles. The fourth-order valence-electron chi connectivity index (χ4n) is 2.79. The lowest BCUT2D eigenvalue weighted by atomic mass is 10.1. The van der Waals surface area contributed by atoms with Crippen molar-refractivity contribution in [3.8, 4) is 6.07 Å². The lowest BCUT2D eigenvalue weighted by molar-refractivity contribution is -0.132. The van der Waals surface area contributed by atoms with Gasteiger partial charge in [-0.25, -0.2) is 9.37 Å². The number of nitrogens with zero attached hydrogens (tertiary/aromatic N) is 4. The standard InChI is InChI=1S/C20H17FN4O2/c1-2-24(11-15-8-7-14(10-22)9-17(15)21)19(26)12-25-13-23-18-6-4-3-5-16(18)20(25)27/h3-9,13H,2,11-12H2,1H3. The summed E-state index contributed by atoms with van der Waals surface area (Å²) in [6.07, 6.45) is 1.35. The number of amides is 1. The van der Waals surface area contributed by atoms with E-state index in [2.05, 4.69) is 4.98 Å². The zero-order valence-electron chi connectivity index (χ0n) is 14.7. The van der Waals surface area contributed by atoms with Crippen LogP contribution in [0.15, 0.2) is 53.6 Å². The molecule has 0 bridgehead atoms. The van der Waals surface area contributed by atoms with E-state index in [0.717, 1.165) is 6.07 Å². The summed E-state index contributed by atoms with van der Waals surface area (Å²) in [6.45, 7) is 2.01. The van der Waals surface area contributed by atoms with E-state index in [9.17, 15) is 14.0 Å². The summed E-state index contributed by atoms with van der Waals surface area (Å²) in [4.78, 5) is 30.8. The maximum absolute atomic E-state index is 14.1. The van der Waals surface area contributed by atoms with Gasteiger partial charge in [-0.3, -0.25) is 14.2 Å². The molecule has 0 aliphatic heterocycles. The van der Waals surface area contributed by atoms with Crippen LogP contribution < -0.4 is 5.56 Å². The van der Waals surface area contributed by atoms with Crippen LogP contribution in [0.2, 0.25) is 0 Å². The summed E-state index contributed by atoms with van der Waals surface area (Å²) in [6, 6.07) is 12.9. The molecule has 2 aromatic carbocycles. The highest BCUT2D eigenvalue weighted by molar-refractivity contribution is 5.79. The van der Waals surface area contributed by atoms with Crippen molar-refractivity contribution < 1.29 is 9.18 Å². The van der Waals surface area contributed by atoms with E-state index < -0.39 is 5.82 Å². The lowest BCUT2D eigenvalue weighted by Crippen LogP contribution is -2.36. The van der Waals surface area contributed by atoms with Crippen molar-refractivity contribution >= 4 is 16.8 Å². The molecule has 0 spiro atoms. The van der Waals surface area contributed by atoms with E-state index in [1.54, 1.807) is 31.2 Å². The quantitative estimate of drug-likeness (QED) is 0.697. The first-order chi connectivity index (χ1) is 13.0. The number of carbonyl (C=O) groups is 1. The number of benzene rings is 2. The fraction of sp³-hybridized carbons (Fsp3) is 0.200. The molecule has 136 valence electrons. The summed E-state index contributed by atoms with van der Waals surface area (Å²) >= 11 is 0. The van der Waals surface area contributed by atoms with E-state index in [4.69, 9.17) is 5.26 Å². The minimum absolute atomic E-state index is 0.0582. The smallest absolute Gasteiger partial charge is 0.261 e. The van der Waals surface area contributed by atoms with Gasteiger partial charge in [0.1, 0.15) is 12.4 Å². The molecular weight excluding hydrogens is 347 g/mol. The van der Waals surface area contributed by atoms with E-state index in [0.29, 0.717) is 23.0 Å². The maximum Gasteiger partial charge on any atom is 0.261 e. The van der Waals surface area contributed by atoms with Gasteiger partial charge in [-0.1, -0.05) is 18.2 Å². The molecule has 0 radical (unpaired) electrons. The molecule has 3 aromatic rings. The second kappa shape index (κ2) is 7.79. The summed E-state index contributed by atoms with van der Waals surface area (Å²) < 4.78 is 15.4. The van der Waals surface area contributed by atoms with E-state index in [1.807, 2.05) is 6.07 Å². The minimum Gasteiger partial charge on any atom is -0.337 e. The monoisotopic (exact) mass is 364 g/mol. The molecular formula is C20H17FN4O2. The predicted molar refractivity (Wildman–Crippen MR) is 98.2 cm³/mol. The Morgan fingerprint density at radius 1 is 1.30 bits per heavy atom. The van der Waals surface area contributed by atoms with Gasteiger partial charge in [0, 0.05) is 18.7 Å². The van der Waals surface area contributed by atoms with Crippen molar-refractivity contribution in [2.75, 3.05) is 6.54 Å². The number of hydrogen-bond acceptors (Lipinski definition) is 4. The van der Waals surface area contributed by atoms with Gasteiger partial charge >= 0.3 is 0 Å². The van der Waals surface area contributed by atoms with Gasteiger partial charge in [-0.15, -0.1) is 0 Å². The molecule has 0 saturated carbocycles. The summed E-state index contributed by atoms with van der Waals surface area (Å²) in [5.74, 6) is -0.856. The molecule has 0 fully saturated rings. The van der Waals surface area contributed by atoms with Gasteiger partial charge in [0.2, 0.25) is 5.91 Å². The van der Waals surface area contributed by atoms with Crippen LogP contribution >= 0.6 is 0 Å². The summed E-state index contributed by atoms with van der Waals surface area (Å²) in [7, 11) is 0. The van der Waals surface area contributed by atoms with Crippen LogP contribution in [0.1, 0.15) is 18.1 Å². The number of nitriles is 1. The third-order valence-corrected chi connectivity index (χ3v) is 4.31. The van der Waals surface area contributed by atoms with Crippen LogP contribution in [0, 0.1) is 17.1 Å². The molecule has 0 unspecified atom stereocenters. The summed E-state index contributed by atoms with van der Waals surface area (Å²) in [5, 5.41) is 9.25. The topological polar surface area (TPSA) is 79.0 Å². The average molecular weight is 364 g/mol. The first kappa shape index (κ1) is 18.3. The Morgan fingerprint density at radius 3 is 2.78 bits per heavy atom. The number of rotatable bonds is 5. The second-order valence-corrected chi connectivity index (χ2v) is 6.02. The SMILES string of the molecule is CCN(Cc1ccc(C#N)cc1F)C(=O)Cn1cnc2ccccc2c1=O. The highest BCUT2D eigenvalue weighted by Gasteiger charge is 2.16. The molecule has 0 saturated heterocycles. The molecule has 27 heavy (non-hydrogen) atoms. The Morgan fingerprint density at radius 2 is 2.07 bits per heavy atom. The van der Waals surface area contributed by atoms with Crippen LogP contribution in [-0.2, 0) is 17.9 Å². The van der Waals surface area contributed by atoms with Crippen LogP contribution in [0.3, 0.4) is 0 Å². The van der Waals surface area contributed by atoms with Gasteiger partial charge in [0.05, 0.1) is 28.9 Å². The number of para-hydroxylation sites is 1. The molecule has 7 heteroatoms. The number of carbonyl (C=O) groups excluding carboxylic acids is 1. The molecule has 0 aliphatic carbocycles. The number of likely N-dealkylation sites (N-methyl/N-ethyl adjacent to an activating group) is 1. The van der Waals surface area contributed by atoms with Crippen LogP contribution in [0.25, 0.3) is 10.9 Å². The third-order valence-electron chi connectivity index (χ3n) is 4.31. The molecule has 0 aliphatic rings. The highest BCUT2D eigenvalue weighted by Crippen LogP contribution is 2.13. The minimum atomic E-state index is -0.537. The molecule has 0 atom stereocenters. The lowest BCUT2D eigenvalue weighted by Gasteiger charge is -2.22. The van der Waals surface area contributed by atoms with Crippen molar-refractivity contribution in [1.82, 2.24) is 14.5 Å². The third kappa shape index (κ3) is 3.85. The van der Waals surface area contributed by atoms with E-state index >= 15 is 0 Å². The number of aromatic nitrogens is 2. The van der Waals surface area contributed by atoms with E-state index in [-0.39, 0.29) is 30.1 Å². The highest BCUT2D eigenvalue weighted by atomic mass is 19.1. The Bertz CT molecular complexity index is 1100. The molecule has 1 heterocycles.